The number of imidazole rings is 1. The second kappa shape index (κ2) is 5.60. The SMILES string of the molecule is O=C(Nc1cccc(-n2cc[nH]c2=S)c1)[C@H]1CCCO1. The van der Waals surface area contributed by atoms with Crippen molar-refractivity contribution in [2.45, 2.75) is 18.9 Å². The van der Waals surface area contributed by atoms with Crippen molar-refractivity contribution in [2.24, 2.45) is 0 Å². The van der Waals surface area contributed by atoms with Gasteiger partial charge in [0.2, 0.25) is 0 Å². The van der Waals surface area contributed by atoms with Gasteiger partial charge in [-0.1, -0.05) is 6.07 Å². The van der Waals surface area contributed by atoms with Crippen molar-refractivity contribution in [2.75, 3.05) is 11.9 Å². The predicted octanol–water partition coefficient (Wildman–Crippen LogP) is 2.65. The molecular weight excluding hydrogens is 274 g/mol. The van der Waals surface area contributed by atoms with Crippen molar-refractivity contribution in [1.29, 1.82) is 0 Å². The molecule has 1 saturated heterocycles. The fourth-order valence-corrected chi connectivity index (χ4v) is 2.50. The largest absolute Gasteiger partial charge is 0.368 e. The average Bonchev–Trinajstić information content (AvgIpc) is 3.10. The first-order chi connectivity index (χ1) is 9.74. The fourth-order valence-electron chi connectivity index (χ4n) is 2.26. The van der Waals surface area contributed by atoms with E-state index < -0.39 is 0 Å². The van der Waals surface area contributed by atoms with Crippen molar-refractivity contribution in [1.82, 2.24) is 9.55 Å². The summed E-state index contributed by atoms with van der Waals surface area (Å²) in [7, 11) is 0. The van der Waals surface area contributed by atoms with Gasteiger partial charge in [-0.15, -0.1) is 0 Å². The zero-order valence-corrected chi connectivity index (χ0v) is 11.7. The molecule has 0 unspecified atom stereocenters. The van der Waals surface area contributed by atoms with Gasteiger partial charge in [0.05, 0.1) is 0 Å². The van der Waals surface area contributed by atoms with Gasteiger partial charge in [0.15, 0.2) is 4.77 Å². The number of hydrogen-bond donors (Lipinski definition) is 2. The smallest absolute Gasteiger partial charge is 0.253 e. The number of carbonyl (C=O) groups is 1. The van der Waals surface area contributed by atoms with Crippen molar-refractivity contribution in [3.05, 3.63) is 41.4 Å². The molecule has 1 aromatic heterocycles. The van der Waals surface area contributed by atoms with E-state index in [0.717, 1.165) is 24.2 Å². The highest BCUT2D eigenvalue weighted by molar-refractivity contribution is 7.71. The molecule has 0 aliphatic carbocycles. The highest BCUT2D eigenvalue weighted by Gasteiger charge is 2.23. The molecule has 5 nitrogen and oxygen atoms in total. The van der Waals surface area contributed by atoms with Crippen LogP contribution in [0.4, 0.5) is 5.69 Å². The lowest BCUT2D eigenvalue weighted by atomic mass is 10.2. The molecule has 0 spiro atoms. The number of aromatic nitrogens is 2. The Balaban J connectivity index is 1.79. The number of hydrogen-bond acceptors (Lipinski definition) is 3. The van der Waals surface area contributed by atoms with Crippen LogP contribution < -0.4 is 5.32 Å². The van der Waals surface area contributed by atoms with Gasteiger partial charge in [0, 0.05) is 30.4 Å². The molecule has 0 bridgehead atoms. The molecule has 0 saturated carbocycles. The number of anilines is 1. The highest BCUT2D eigenvalue weighted by atomic mass is 32.1. The van der Waals surface area contributed by atoms with Crippen molar-refractivity contribution >= 4 is 23.8 Å². The first-order valence-corrected chi connectivity index (χ1v) is 6.94. The average molecular weight is 289 g/mol. The number of H-pyrrole nitrogens is 1. The van der Waals surface area contributed by atoms with E-state index >= 15 is 0 Å². The van der Waals surface area contributed by atoms with Crippen LogP contribution in [-0.4, -0.2) is 28.2 Å². The quantitative estimate of drug-likeness (QED) is 0.854. The van der Waals surface area contributed by atoms with Crippen LogP contribution in [0.5, 0.6) is 0 Å². The maximum atomic E-state index is 12.0. The second-order valence-corrected chi connectivity index (χ2v) is 5.06. The van der Waals surface area contributed by atoms with E-state index in [0.29, 0.717) is 11.4 Å². The van der Waals surface area contributed by atoms with E-state index in [2.05, 4.69) is 10.3 Å². The lowest BCUT2D eigenvalue weighted by molar-refractivity contribution is -0.124. The third kappa shape index (κ3) is 2.66. The molecule has 1 atom stereocenters. The normalized spacial score (nSPS) is 18.1. The monoisotopic (exact) mass is 289 g/mol. The van der Waals surface area contributed by atoms with Crippen LogP contribution in [0.25, 0.3) is 5.69 Å². The Morgan fingerprint density at radius 1 is 1.50 bits per heavy atom. The summed E-state index contributed by atoms with van der Waals surface area (Å²) < 4.78 is 7.83. The number of benzene rings is 1. The maximum Gasteiger partial charge on any atom is 0.253 e. The zero-order valence-electron chi connectivity index (χ0n) is 10.8. The van der Waals surface area contributed by atoms with E-state index in [1.54, 1.807) is 6.20 Å². The van der Waals surface area contributed by atoms with Crippen molar-refractivity contribution in [3.63, 3.8) is 0 Å². The topological polar surface area (TPSA) is 59.0 Å². The van der Waals surface area contributed by atoms with Gasteiger partial charge < -0.3 is 15.0 Å². The Morgan fingerprint density at radius 3 is 3.10 bits per heavy atom. The van der Waals surface area contributed by atoms with E-state index in [1.165, 1.54) is 0 Å². The first-order valence-electron chi connectivity index (χ1n) is 6.53. The van der Waals surface area contributed by atoms with Crippen molar-refractivity contribution < 1.29 is 9.53 Å². The molecule has 1 aromatic carbocycles. The van der Waals surface area contributed by atoms with Crippen LogP contribution in [0, 0.1) is 4.77 Å². The summed E-state index contributed by atoms with van der Waals surface area (Å²) in [5.41, 5.74) is 1.65. The Morgan fingerprint density at radius 2 is 2.40 bits per heavy atom. The van der Waals surface area contributed by atoms with Gasteiger partial charge >= 0.3 is 0 Å². The maximum absolute atomic E-state index is 12.0. The molecule has 1 fully saturated rings. The number of ether oxygens (including phenoxy) is 1. The predicted molar refractivity (Wildman–Crippen MR) is 78.6 cm³/mol. The lowest BCUT2D eigenvalue weighted by Gasteiger charge is -2.11. The molecule has 2 heterocycles. The van der Waals surface area contributed by atoms with E-state index in [1.807, 2.05) is 35.0 Å². The molecule has 0 radical (unpaired) electrons. The Kier molecular flexibility index (Phi) is 3.66. The molecule has 6 heteroatoms. The minimum atomic E-state index is -0.326. The van der Waals surface area contributed by atoms with Gasteiger partial charge in [-0.05, 0) is 43.3 Å². The molecular formula is C14H15N3O2S. The van der Waals surface area contributed by atoms with Crippen LogP contribution in [0.15, 0.2) is 36.7 Å². The van der Waals surface area contributed by atoms with Crippen LogP contribution in [0.2, 0.25) is 0 Å². The van der Waals surface area contributed by atoms with E-state index in [4.69, 9.17) is 17.0 Å². The third-order valence-electron chi connectivity index (χ3n) is 3.26. The second-order valence-electron chi connectivity index (χ2n) is 4.68. The number of nitrogens with one attached hydrogen (secondary N) is 2. The van der Waals surface area contributed by atoms with Crippen LogP contribution >= 0.6 is 12.2 Å². The summed E-state index contributed by atoms with van der Waals surface area (Å²) >= 11 is 5.19. The summed E-state index contributed by atoms with van der Waals surface area (Å²) in [6.07, 6.45) is 5.03. The van der Waals surface area contributed by atoms with E-state index in [-0.39, 0.29) is 12.0 Å². The number of amides is 1. The summed E-state index contributed by atoms with van der Waals surface area (Å²) in [6, 6.07) is 7.56. The van der Waals surface area contributed by atoms with Crippen LogP contribution in [0.1, 0.15) is 12.8 Å². The summed E-state index contributed by atoms with van der Waals surface area (Å²) in [6.45, 7) is 0.663. The molecule has 1 aliphatic heterocycles. The first kappa shape index (κ1) is 13.1. The Labute approximate surface area is 121 Å². The molecule has 3 rings (SSSR count). The molecule has 1 amide bonds. The van der Waals surface area contributed by atoms with Gasteiger partial charge in [0.1, 0.15) is 6.10 Å². The number of aromatic amines is 1. The van der Waals surface area contributed by atoms with Gasteiger partial charge in [0.25, 0.3) is 5.91 Å². The van der Waals surface area contributed by atoms with Crippen molar-refractivity contribution in [3.8, 4) is 5.69 Å². The lowest BCUT2D eigenvalue weighted by Crippen LogP contribution is -2.26. The third-order valence-corrected chi connectivity index (χ3v) is 3.58. The molecule has 104 valence electrons. The Bertz CT molecular complexity index is 671. The number of carbonyl (C=O) groups excluding carboxylic acids is 1. The Hall–Kier alpha value is -1.92. The molecule has 20 heavy (non-hydrogen) atoms. The van der Waals surface area contributed by atoms with Crippen LogP contribution in [-0.2, 0) is 9.53 Å². The minimum Gasteiger partial charge on any atom is -0.368 e. The number of rotatable bonds is 3. The zero-order chi connectivity index (χ0) is 13.9. The highest BCUT2D eigenvalue weighted by Crippen LogP contribution is 2.18. The standard InChI is InChI=1S/C14H15N3O2S/c18-13(12-5-2-8-19-12)16-10-3-1-4-11(9-10)17-7-6-15-14(17)20/h1,3-4,6-7,9,12H,2,5,8H2,(H,15,20)(H,16,18)/t12-/m1/s1. The van der Waals surface area contributed by atoms with Gasteiger partial charge in [-0.2, -0.15) is 0 Å². The van der Waals surface area contributed by atoms with Gasteiger partial charge in [-0.3, -0.25) is 9.36 Å². The summed E-state index contributed by atoms with van der Waals surface area (Å²) in [5, 5.41) is 2.88. The summed E-state index contributed by atoms with van der Waals surface area (Å²) in [4.78, 5) is 15.0. The molecule has 2 N–H and O–H groups in total. The summed E-state index contributed by atoms with van der Waals surface area (Å²) in [5.74, 6) is -0.0858. The number of nitrogens with zero attached hydrogens (tertiary/aromatic N) is 1. The van der Waals surface area contributed by atoms with Crippen LogP contribution in [0.3, 0.4) is 0 Å². The molecule has 1 aliphatic rings. The van der Waals surface area contributed by atoms with E-state index in [9.17, 15) is 4.79 Å². The fraction of sp³-hybridized carbons (Fsp3) is 0.286. The van der Waals surface area contributed by atoms with Gasteiger partial charge in [-0.25, -0.2) is 0 Å². The molecule has 2 aromatic rings. The minimum absolute atomic E-state index is 0.0858.